The Morgan fingerprint density at radius 3 is 2.39 bits per heavy atom. The Hall–Kier alpha value is -2.36. The lowest BCUT2D eigenvalue weighted by molar-refractivity contribution is 1.47. The van der Waals surface area contributed by atoms with Gasteiger partial charge >= 0.3 is 0 Å². The van der Waals surface area contributed by atoms with E-state index < -0.39 is 0 Å². The van der Waals surface area contributed by atoms with Crippen LogP contribution in [0.2, 0.25) is 0 Å². The highest BCUT2D eigenvalue weighted by atomic mass is 32.1. The maximum Gasteiger partial charge on any atom is 0.131 e. The van der Waals surface area contributed by atoms with Gasteiger partial charge in [-0.3, -0.25) is 0 Å². The first-order valence-corrected chi connectivity index (χ1v) is 6.28. The predicted octanol–water partition coefficient (Wildman–Crippen LogP) is 4.15. The Kier molecular flexibility index (Phi) is 3.57. The number of benzene rings is 1. The smallest absolute Gasteiger partial charge is 0.131 e. The summed E-state index contributed by atoms with van der Waals surface area (Å²) in [5.41, 5.74) is 3.62. The molecule has 2 aromatic rings. The zero-order valence-corrected chi connectivity index (χ0v) is 10.7. The molecular weight excluding hydrogens is 240 g/mol. The Bertz CT molecular complexity index is 648. The molecule has 0 saturated carbocycles. The molecule has 2 nitrogen and oxygen atoms in total. The summed E-state index contributed by atoms with van der Waals surface area (Å²) in [4.78, 5) is 0.920. The molecule has 0 saturated heterocycles. The summed E-state index contributed by atoms with van der Waals surface area (Å²) < 4.78 is 0. The summed E-state index contributed by atoms with van der Waals surface area (Å²) in [5, 5.41) is 19.4. The van der Waals surface area contributed by atoms with Crippen LogP contribution in [0.5, 0.6) is 0 Å². The van der Waals surface area contributed by atoms with Crippen LogP contribution in [0.15, 0.2) is 41.3 Å². The SMILES string of the molecule is Cc1ccc(-c2csc(C=C(C#N)C#N)c2)cc1. The molecule has 0 fully saturated rings. The number of hydrogen-bond acceptors (Lipinski definition) is 3. The Morgan fingerprint density at radius 1 is 1.11 bits per heavy atom. The molecule has 0 N–H and O–H groups in total. The highest BCUT2D eigenvalue weighted by Crippen LogP contribution is 2.27. The van der Waals surface area contributed by atoms with Crippen molar-refractivity contribution >= 4 is 17.4 Å². The first kappa shape index (κ1) is 12.1. The fourth-order valence-electron chi connectivity index (χ4n) is 1.56. The summed E-state index contributed by atoms with van der Waals surface area (Å²) >= 11 is 1.53. The minimum atomic E-state index is 0.132. The van der Waals surface area contributed by atoms with E-state index in [9.17, 15) is 0 Å². The Morgan fingerprint density at radius 2 is 1.78 bits per heavy atom. The molecule has 0 radical (unpaired) electrons. The molecule has 0 atom stereocenters. The summed E-state index contributed by atoms with van der Waals surface area (Å²) in [5.74, 6) is 0. The van der Waals surface area contributed by atoms with Gasteiger partial charge in [0.15, 0.2) is 0 Å². The molecule has 3 heteroatoms. The minimum Gasteiger partial charge on any atom is -0.192 e. The molecular formula is C15H10N2S. The molecule has 1 aromatic heterocycles. The fraction of sp³-hybridized carbons (Fsp3) is 0.0667. The third kappa shape index (κ3) is 2.66. The van der Waals surface area contributed by atoms with Crippen molar-refractivity contribution in [2.75, 3.05) is 0 Å². The number of thiophene rings is 1. The van der Waals surface area contributed by atoms with E-state index in [1.165, 1.54) is 16.9 Å². The lowest BCUT2D eigenvalue weighted by Crippen LogP contribution is -1.75. The van der Waals surface area contributed by atoms with Gasteiger partial charge in [-0.05, 0) is 35.6 Å². The van der Waals surface area contributed by atoms with Gasteiger partial charge in [0, 0.05) is 4.88 Å². The molecule has 18 heavy (non-hydrogen) atoms. The second-order valence-electron chi connectivity index (χ2n) is 3.89. The van der Waals surface area contributed by atoms with E-state index in [-0.39, 0.29) is 5.57 Å². The van der Waals surface area contributed by atoms with Crippen LogP contribution in [0, 0.1) is 29.6 Å². The van der Waals surface area contributed by atoms with Crippen molar-refractivity contribution in [1.82, 2.24) is 0 Å². The van der Waals surface area contributed by atoms with Crippen LogP contribution in [-0.4, -0.2) is 0 Å². The van der Waals surface area contributed by atoms with Gasteiger partial charge in [-0.1, -0.05) is 29.8 Å². The Labute approximate surface area is 110 Å². The van der Waals surface area contributed by atoms with Crippen LogP contribution in [0.4, 0.5) is 0 Å². The van der Waals surface area contributed by atoms with Gasteiger partial charge in [-0.2, -0.15) is 10.5 Å². The summed E-state index contributed by atoms with van der Waals surface area (Å²) in [6.45, 7) is 2.05. The van der Waals surface area contributed by atoms with Crippen molar-refractivity contribution in [1.29, 1.82) is 10.5 Å². The van der Waals surface area contributed by atoms with E-state index >= 15 is 0 Å². The van der Waals surface area contributed by atoms with Gasteiger partial charge < -0.3 is 0 Å². The summed E-state index contributed by atoms with van der Waals surface area (Å²) in [7, 11) is 0. The molecule has 0 amide bonds. The molecule has 0 aliphatic carbocycles. The average molecular weight is 250 g/mol. The number of rotatable bonds is 2. The molecule has 1 heterocycles. The van der Waals surface area contributed by atoms with Crippen molar-refractivity contribution in [3.63, 3.8) is 0 Å². The van der Waals surface area contributed by atoms with Crippen LogP contribution in [0.25, 0.3) is 17.2 Å². The molecule has 1 aromatic carbocycles. The quantitative estimate of drug-likeness (QED) is 0.751. The van der Waals surface area contributed by atoms with Gasteiger partial charge in [-0.15, -0.1) is 11.3 Å². The van der Waals surface area contributed by atoms with E-state index in [1.54, 1.807) is 6.08 Å². The van der Waals surface area contributed by atoms with Crippen LogP contribution >= 0.6 is 11.3 Å². The van der Waals surface area contributed by atoms with E-state index in [0.29, 0.717) is 0 Å². The zero-order chi connectivity index (χ0) is 13.0. The lowest BCUT2D eigenvalue weighted by atomic mass is 10.1. The van der Waals surface area contributed by atoms with Crippen molar-refractivity contribution in [3.05, 3.63) is 51.7 Å². The van der Waals surface area contributed by atoms with Crippen molar-refractivity contribution in [3.8, 4) is 23.3 Å². The number of nitriles is 2. The average Bonchev–Trinajstić information content (AvgIpc) is 2.85. The largest absolute Gasteiger partial charge is 0.192 e. The van der Waals surface area contributed by atoms with E-state index in [0.717, 1.165) is 16.0 Å². The van der Waals surface area contributed by atoms with E-state index in [4.69, 9.17) is 10.5 Å². The normalized spacial score (nSPS) is 9.28. The molecule has 0 unspecified atom stereocenters. The number of nitrogens with zero attached hydrogens (tertiary/aromatic N) is 2. The van der Waals surface area contributed by atoms with Crippen LogP contribution in [-0.2, 0) is 0 Å². The number of allylic oxidation sites excluding steroid dienone is 1. The number of hydrogen-bond donors (Lipinski definition) is 0. The Balaban J connectivity index is 2.32. The van der Waals surface area contributed by atoms with Gasteiger partial charge in [-0.25, -0.2) is 0 Å². The highest BCUT2D eigenvalue weighted by Gasteiger charge is 2.02. The minimum absolute atomic E-state index is 0.132. The van der Waals surface area contributed by atoms with Gasteiger partial charge in [0.05, 0.1) is 0 Å². The second kappa shape index (κ2) is 5.31. The monoisotopic (exact) mass is 250 g/mol. The van der Waals surface area contributed by atoms with Crippen LogP contribution < -0.4 is 0 Å². The molecule has 0 spiro atoms. The summed E-state index contributed by atoms with van der Waals surface area (Å²) in [6.07, 6.45) is 1.61. The van der Waals surface area contributed by atoms with Crippen LogP contribution in [0.1, 0.15) is 10.4 Å². The highest BCUT2D eigenvalue weighted by molar-refractivity contribution is 7.11. The zero-order valence-electron chi connectivity index (χ0n) is 9.84. The maximum absolute atomic E-state index is 8.71. The second-order valence-corrected chi connectivity index (χ2v) is 4.83. The first-order valence-electron chi connectivity index (χ1n) is 5.40. The van der Waals surface area contributed by atoms with Crippen molar-refractivity contribution < 1.29 is 0 Å². The summed E-state index contributed by atoms with van der Waals surface area (Å²) in [6, 6.07) is 14.0. The number of aryl methyl sites for hydroxylation is 1. The molecule has 86 valence electrons. The lowest BCUT2D eigenvalue weighted by Gasteiger charge is -1.97. The van der Waals surface area contributed by atoms with E-state index in [2.05, 4.69) is 31.2 Å². The first-order chi connectivity index (χ1) is 8.72. The van der Waals surface area contributed by atoms with Crippen LogP contribution in [0.3, 0.4) is 0 Å². The van der Waals surface area contributed by atoms with E-state index in [1.807, 2.05) is 23.6 Å². The predicted molar refractivity (Wildman–Crippen MR) is 73.7 cm³/mol. The van der Waals surface area contributed by atoms with Crippen molar-refractivity contribution in [2.24, 2.45) is 0 Å². The standard InChI is InChI=1S/C15H10N2S/c1-11-2-4-13(5-3-11)14-7-15(18-10-14)6-12(8-16)9-17/h2-7,10H,1H3. The third-order valence-electron chi connectivity index (χ3n) is 2.53. The van der Waals surface area contributed by atoms with Crippen molar-refractivity contribution in [2.45, 2.75) is 6.92 Å². The maximum atomic E-state index is 8.71. The van der Waals surface area contributed by atoms with Gasteiger partial charge in [0.25, 0.3) is 0 Å². The topological polar surface area (TPSA) is 47.6 Å². The molecule has 0 bridgehead atoms. The fourth-order valence-corrected chi connectivity index (χ4v) is 2.41. The van der Waals surface area contributed by atoms with Gasteiger partial charge in [0.2, 0.25) is 0 Å². The third-order valence-corrected chi connectivity index (χ3v) is 3.41. The molecule has 0 aliphatic rings. The molecule has 2 rings (SSSR count). The molecule has 0 aliphatic heterocycles. The van der Waals surface area contributed by atoms with Gasteiger partial charge in [0.1, 0.15) is 17.7 Å².